The second-order valence-corrected chi connectivity index (χ2v) is 11.3. The van der Waals surface area contributed by atoms with Crippen molar-refractivity contribution in [2.45, 2.75) is 76.8 Å². The van der Waals surface area contributed by atoms with Crippen molar-refractivity contribution >= 4 is 41.9 Å². The first kappa shape index (κ1) is 29.0. The summed E-state index contributed by atoms with van der Waals surface area (Å²) in [6, 6.07) is 7.08. The lowest BCUT2D eigenvalue weighted by Gasteiger charge is -2.44. The van der Waals surface area contributed by atoms with Crippen LogP contribution in [0.25, 0.3) is 10.4 Å². The number of hydrogen-bond acceptors (Lipinski definition) is 10. The number of rotatable bonds is 7. The number of nitrogens with zero attached hydrogens (tertiary/aromatic N) is 1. The molecular weight excluding hydrogens is 545 g/mol. The van der Waals surface area contributed by atoms with Gasteiger partial charge >= 0.3 is 17.9 Å². The minimum absolute atomic E-state index is 0.519. The van der Waals surface area contributed by atoms with E-state index in [-0.39, 0.29) is 0 Å². The predicted molar refractivity (Wildman–Crippen MR) is 146 cm³/mol. The van der Waals surface area contributed by atoms with Crippen LogP contribution in [0.4, 0.5) is 4.39 Å². The van der Waals surface area contributed by atoms with Gasteiger partial charge in [0.15, 0.2) is 6.10 Å². The van der Waals surface area contributed by atoms with Crippen LogP contribution in [0.1, 0.15) is 45.4 Å². The minimum Gasteiger partial charge on any atom is -0.457 e. The van der Waals surface area contributed by atoms with E-state index in [9.17, 15) is 18.8 Å². The van der Waals surface area contributed by atoms with Crippen LogP contribution < -0.4 is 0 Å². The second kappa shape index (κ2) is 12.4. The van der Waals surface area contributed by atoms with Crippen molar-refractivity contribution in [1.29, 1.82) is 0 Å². The van der Waals surface area contributed by atoms with Gasteiger partial charge in [-0.15, -0.1) is 11.3 Å². The Hall–Kier alpha value is -3.02. The van der Waals surface area contributed by atoms with Gasteiger partial charge in [-0.05, 0) is 55.2 Å². The highest BCUT2D eigenvalue weighted by atomic mass is 32.1. The first-order chi connectivity index (χ1) is 18.5. The molecular formula is C28H30FNO7S2. The normalized spacial score (nSPS) is 25.1. The van der Waals surface area contributed by atoms with Gasteiger partial charge in [0.2, 0.25) is 18.3 Å². The van der Waals surface area contributed by atoms with Gasteiger partial charge < -0.3 is 18.9 Å². The predicted octanol–water partition coefficient (Wildman–Crippen LogP) is 4.98. The van der Waals surface area contributed by atoms with Crippen molar-refractivity contribution < 1.29 is 37.7 Å². The fourth-order valence-corrected chi connectivity index (χ4v) is 6.22. The average Bonchev–Trinajstić information content (AvgIpc) is 3.32. The Morgan fingerprint density at radius 1 is 1.03 bits per heavy atom. The van der Waals surface area contributed by atoms with Crippen LogP contribution >= 0.6 is 24.0 Å². The Labute approximate surface area is 235 Å². The van der Waals surface area contributed by atoms with E-state index in [1.54, 1.807) is 17.4 Å². The SMILES string of the molecule is CC(=O)O[C@H]1OC(C2=CC(Cc3ccc(-c4ccc(F)nc4)s3)=C(C)CC2)[C@H](S)[C@@H](OC(C)=O)[C@@H]1OC(C)=O. The van der Waals surface area contributed by atoms with Gasteiger partial charge in [-0.3, -0.25) is 14.4 Å². The number of ether oxygens (including phenoxy) is 4. The Bertz CT molecular complexity index is 1300. The molecule has 0 saturated carbocycles. The molecule has 0 bridgehead atoms. The molecule has 0 radical (unpaired) electrons. The lowest BCUT2D eigenvalue weighted by Crippen LogP contribution is -2.59. The number of aromatic nitrogens is 1. The van der Waals surface area contributed by atoms with Crippen molar-refractivity contribution in [3.63, 3.8) is 0 Å². The monoisotopic (exact) mass is 575 g/mol. The topological polar surface area (TPSA) is 101 Å². The van der Waals surface area contributed by atoms with E-state index in [0.29, 0.717) is 12.8 Å². The number of carbonyl (C=O) groups excluding carboxylic acids is 3. The number of allylic oxidation sites excluding steroid dienone is 3. The molecule has 1 saturated heterocycles. The third-order valence-corrected chi connectivity index (χ3v) is 8.20. The third kappa shape index (κ3) is 7.14. The summed E-state index contributed by atoms with van der Waals surface area (Å²) in [5.41, 5.74) is 4.10. The number of halogens is 1. The molecule has 8 nitrogen and oxygen atoms in total. The summed E-state index contributed by atoms with van der Waals surface area (Å²) in [7, 11) is 0. The van der Waals surface area contributed by atoms with Gasteiger partial charge in [-0.1, -0.05) is 11.6 Å². The zero-order valence-corrected chi connectivity index (χ0v) is 23.7. The lowest BCUT2D eigenvalue weighted by atomic mass is 9.85. The zero-order valence-electron chi connectivity index (χ0n) is 22.0. The number of hydrogen-bond donors (Lipinski definition) is 1. The molecule has 3 heterocycles. The van der Waals surface area contributed by atoms with Gasteiger partial charge in [-0.25, -0.2) is 4.98 Å². The fraction of sp³-hybridized carbons (Fsp3) is 0.429. The molecule has 2 aromatic rings. The Morgan fingerprint density at radius 3 is 2.36 bits per heavy atom. The Balaban J connectivity index is 1.60. The van der Waals surface area contributed by atoms with Gasteiger partial charge in [0, 0.05) is 48.7 Å². The van der Waals surface area contributed by atoms with Crippen molar-refractivity contribution in [3.05, 3.63) is 64.1 Å². The number of pyridine rings is 1. The minimum atomic E-state index is -1.27. The van der Waals surface area contributed by atoms with E-state index < -0.39 is 53.7 Å². The van der Waals surface area contributed by atoms with E-state index in [2.05, 4.69) is 18.0 Å². The number of thiophene rings is 1. The quantitative estimate of drug-likeness (QED) is 0.214. The van der Waals surface area contributed by atoms with Crippen molar-refractivity contribution in [1.82, 2.24) is 4.98 Å². The maximum absolute atomic E-state index is 13.2. The smallest absolute Gasteiger partial charge is 0.305 e. The van der Waals surface area contributed by atoms with Gasteiger partial charge in [0.25, 0.3) is 0 Å². The molecule has 1 aliphatic heterocycles. The maximum atomic E-state index is 13.2. The number of carbonyl (C=O) groups is 3. The molecule has 11 heteroatoms. The molecule has 1 aliphatic carbocycles. The zero-order chi connectivity index (χ0) is 28.3. The average molecular weight is 576 g/mol. The van der Waals surface area contributed by atoms with Crippen LogP contribution in [0.5, 0.6) is 0 Å². The van der Waals surface area contributed by atoms with E-state index in [1.165, 1.54) is 38.6 Å². The van der Waals surface area contributed by atoms with Crippen LogP contribution in [-0.4, -0.2) is 52.7 Å². The Kier molecular flexibility index (Phi) is 9.24. The molecule has 2 aliphatic rings. The highest BCUT2D eigenvalue weighted by Crippen LogP contribution is 2.39. The summed E-state index contributed by atoms with van der Waals surface area (Å²) >= 11 is 6.34. The van der Waals surface area contributed by atoms with Crippen LogP contribution in [0.3, 0.4) is 0 Å². The summed E-state index contributed by atoms with van der Waals surface area (Å²) in [6.07, 6.45) is 1.61. The van der Waals surface area contributed by atoms with Gasteiger partial charge in [0.05, 0.1) is 11.4 Å². The fourth-order valence-electron chi connectivity index (χ4n) is 4.71. The van der Waals surface area contributed by atoms with Gasteiger partial charge in [0.1, 0.15) is 0 Å². The molecule has 5 atom stereocenters. The van der Waals surface area contributed by atoms with Gasteiger partial charge in [-0.2, -0.15) is 17.0 Å². The van der Waals surface area contributed by atoms with E-state index >= 15 is 0 Å². The molecule has 2 aromatic heterocycles. The first-order valence-electron chi connectivity index (χ1n) is 12.5. The summed E-state index contributed by atoms with van der Waals surface area (Å²) in [5, 5.41) is -0.685. The van der Waals surface area contributed by atoms with Crippen molar-refractivity contribution in [3.8, 4) is 10.4 Å². The molecule has 1 unspecified atom stereocenters. The van der Waals surface area contributed by atoms with E-state index in [4.69, 9.17) is 31.6 Å². The van der Waals surface area contributed by atoms with Crippen LogP contribution in [0.2, 0.25) is 0 Å². The molecule has 4 rings (SSSR count). The molecule has 208 valence electrons. The largest absolute Gasteiger partial charge is 0.457 e. The summed E-state index contributed by atoms with van der Waals surface area (Å²) in [4.78, 5) is 41.4. The van der Waals surface area contributed by atoms with Crippen molar-refractivity contribution in [2.75, 3.05) is 0 Å². The molecule has 39 heavy (non-hydrogen) atoms. The molecule has 0 amide bonds. The maximum Gasteiger partial charge on any atom is 0.305 e. The Morgan fingerprint density at radius 2 is 1.72 bits per heavy atom. The van der Waals surface area contributed by atoms with Crippen LogP contribution in [-0.2, 0) is 39.8 Å². The van der Waals surface area contributed by atoms with Crippen molar-refractivity contribution in [2.24, 2.45) is 0 Å². The lowest BCUT2D eigenvalue weighted by molar-refractivity contribution is -0.259. The molecule has 0 spiro atoms. The number of thiol groups is 1. The summed E-state index contributed by atoms with van der Waals surface area (Å²) in [6.45, 7) is 5.76. The molecule has 1 fully saturated rings. The second-order valence-electron chi connectivity index (χ2n) is 9.51. The highest BCUT2D eigenvalue weighted by Gasteiger charge is 2.51. The summed E-state index contributed by atoms with van der Waals surface area (Å²) in [5.74, 6) is -2.37. The van der Waals surface area contributed by atoms with Crippen LogP contribution in [0, 0.1) is 5.95 Å². The highest BCUT2D eigenvalue weighted by molar-refractivity contribution is 7.81. The van der Waals surface area contributed by atoms with Crippen LogP contribution in [0.15, 0.2) is 53.3 Å². The van der Waals surface area contributed by atoms with E-state index in [0.717, 1.165) is 32.9 Å². The molecule has 0 aromatic carbocycles. The first-order valence-corrected chi connectivity index (χ1v) is 13.8. The third-order valence-electron chi connectivity index (χ3n) is 6.51. The standard InChI is InChI=1S/C28H30FNO7S2/c1-14-5-6-18(11-20(14)12-21-8-9-22(39-21)19-7-10-23(29)30-13-19)24-27(38)25(34-15(2)31)26(35-16(3)32)28(37-24)36-17(4)33/h7-11,13,24-28,38H,5-6,12H2,1-4H3/t24?,25-,26-,27-,28-/m0/s1. The molecule has 0 N–H and O–H groups in total. The number of esters is 3. The summed E-state index contributed by atoms with van der Waals surface area (Å²) < 4.78 is 35.6. The van der Waals surface area contributed by atoms with E-state index in [1.807, 2.05) is 12.1 Å².